The van der Waals surface area contributed by atoms with Gasteiger partial charge in [-0.1, -0.05) is 18.2 Å². The summed E-state index contributed by atoms with van der Waals surface area (Å²) in [4.78, 5) is 10.1. The highest BCUT2D eigenvalue weighted by molar-refractivity contribution is 5.51. The van der Waals surface area contributed by atoms with Crippen LogP contribution in [-0.4, -0.2) is 19.4 Å². The second-order valence-electron chi connectivity index (χ2n) is 4.08. The molecule has 0 bridgehead atoms. The van der Waals surface area contributed by atoms with Crippen molar-refractivity contribution in [3.05, 3.63) is 34.9 Å². The summed E-state index contributed by atoms with van der Waals surface area (Å²) in [5, 5.41) is 3.08. The molecular formula is C13H17NO. The second kappa shape index (κ2) is 5.08. The second-order valence-corrected chi connectivity index (χ2v) is 4.08. The van der Waals surface area contributed by atoms with Crippen molar-refractivity contribution in [2.45, 2.75) is 25.7 Å². The van der Waals surface area contributed by atoms with Crippen LogP contribution >= 0.6 is 0 Å². The Hall–Kier alpha value is -1.15. The van der Waals surface area contributed by atoms with E-state index in [0.29, 0.717) is 6.54 Å². The number of hydrogen-bond donors (Lipinski definition) is 1. The minimum atomic E-state index is 0.463. The number of nitrogens with one attached hydrogen (secondary N) is 1. The van der Waals surface area contributed by atoms with Crippen molar-refractivity contribution in [1.82, 2.24) is 5.32 Å². The van der Waals surface area contributed by atoms with Crippen molar-refractivity contribution in [1.29, 1.82) is 0 Å². The minimum Gasteiger partial charge on any atom is -0.310 e. The Bertz CT molecular complexity index is 346. The monoisotopic (exact) mass is 203 g/mol. The van der Waals surface area contributed by atoms with E-state index >= 15 is 0 Å². The van der Waals surface area contributed by atoms with E-state index in [-0.39, 0.29) is 0 Å². The lowest BCUT2D eigenvalue weighted by atomic mass is 10.0. The number of benzene rings is 1. The molecule has 15 heavy (non-hydrogen) atoms. The molecule has 0 radical (unpaired) electrons. The van der Waals surface area contributed by atoms with Gasteiger partial charge in [0.1, 0.15) is 6.29 Å². The van der Waals surface area contributed by atoms with Crippen LogP contribution < -0.4 is 5.32 Å². The van der Waals surface area contributed by atoms with Crippen LogP contribution in [0.3, 0.4) is 0 Å². The quantitative estimate of drug-likeness (QED) is 0.580. The van der Waals surface area contributed by atoms with Crippen LogP contribution in [0, 0.1) is 0 Å². The summed E-state index contributed by atoms with van der Waals surface area (Å²) in [5.41, 5.74) is 4.44. The van der Waals surface area contributed by atoms with E-state index in [2.05, 4.69) is 23.5 Å². The molecule has 0 unspecified atom stereocenters. The van der Waals surface area contributed by atoms with Crippen molar-refractivity contribution >= 4 is 6.29 Å². The third-order valence-corrected chi connectivity index (χ3v) is 2.98. The first-order valence-corrected chi connectivity index (χ1v) is 5.65. The van der Waals surface area contributed by atoms with Crippen LogP contribution in [0.25, 0.3) is 0 Å². The molecular weight excluding hydrogens is 186 g/mol. The molecule has 0 saturated heterocycles. The average Bonchev–Trinajstić information content (AvgIpc) is 2.71. The maximum Gasteiger partial charge on any atom is 0.133 e. The molecule has 1 N–H and O–H groups in total. The van der Waals surface area contributed by atoms with E-state index in [0.717, 1.165) is 19.3 Å². The highest BCUT2D eigenvalue weighted by Gasteiger charge is 2.10. The molecule has 0 fully saturated rings. The van der Waals surface area contributed by atoms with E-state index < -0.39 is 0 Å². The van der Waals surface area contributed by atoms with E-state index in [1.165, 1.54) is 36.0 Å². The standard InChI is InChI=1S/C13H17NO/c15-9-8-14-7-6-11-4-5-12-2-1-3-13(12)10-11/h4-5,9-10,14H,1-3,6-8H2. The van der Waals surface area contributed by atoms with Crippen LogP contribution in [0.15, 0.2) is 18.2 Å². The molecule has 1 aromatic rings. The van der Waals surface area contributed by atoms with Crippen LogP contribution in [0.2, 0.25) is 0 Å². The van der Waals surface area contributed by atoms with E-state index in [9.17, 15) is 4.79 Å². The largest absolute Gasteiger partial charge is 0.310 e. The lowest BCUT2D eigenvalue weighted by Gasteiger charge is -2.05. The van der Waals surface area contributed by atoms with Gasteiger partial charge < -0.3 is 10.1 Å². The average molecular weight is 203 g/mol. The van der Waals surface area contributed by atoms with Gasteiger partial charge in [-0.15, -0.1) is 0 Å². The molecule has 1 aliphatic rings. The Kier molecular flexibility index (Phi) is 3.51. The van der Waals surface area contributed by atoms with E-state index in [4.69, 9.17) is 0 Å². The number of fused-ring (bicyclic) bond motifs is 1. The van der Waals surface area contributed by atoms with Crippen LogP contribution in [0.5, 0.6) is 0 Å². The maximum absolute atomic E-state index is 10.1. The Balaban J connectivity index is 1.89. The van der Waals surface area contributed by atoms with Crippen LogP contribution in [0.4, 0.5) is 0 Å². The predicted octanol–water partition coefficient (Wildman–Crippen LogP) is 1.51. The molecule has 2 nitrogen and oxygen atoms in total. The summed E-state index contributed by atoms with van der Waals surface area (Å²) in [6.07, 6.45) is 5.72. The Morgan fingerprint density at radius 2 is 2.13 bits per heavy atom. The highest BCUT2D eigenvalue weighted by atomic mass is 16.1. The SMILES string of the molecule is O=CCNCCc1ccc2c(c1)CCC2. The Morgan fingerprint density at radius 1 is 1.27 bits per heavy atom. The number of rotatable bonds is 5. The fraction of sp³-hybridized carbons (Fsp3) is 0.462. The summed E-state index contributed by atoms with van der Waals surface area (Å²) < 4.78 is 0. The summed E-state index contributed by atoms with van der Waals surface area (Å²) in [6, 6.07) is 6.80. The molecule has 2 rings (SSSR count). The van der Waals surface area contributed by atoms with Crippen molar-refractivity contribution in [3.63, 3.8) is 0 Å². The topological polar surface area (TPSA) is 29.1 Å². The summed E-state index contributed by atoms with van der Waals surface area (Å²) in [7, 11) is 0. The fourth-order valence-corrected chi connectivity index (χ4v) is 2.17. The molecule has 0 spiro atoms. The first-order valence-electron chi connectivity index (χ1n) is 5.65. The highest BCUT2D eigenvalue weighted by Crippen LogP contribution is 2.22. The van der Waals surface area contributed by atoms with Crippen LogP contribution in [0.1, 0.15) is 23.1 Å². The van der Waals surface area contributed by atoms with Gasteiger partial charge in [0.25, 0.3) is 0 Å². The zero-order valence-electron chi connectivity index (χ0n) is 8.96. The van der Waals surface area contributed by atoms with Crippen molar-refractivity contribution in [2.24, 2.45) is 0 Å². The number of carbonyl (C=O) groups is 1. The van der Waals surface area contributed by atoms with E-state index in [1.54, 1.807) is 0 Å². The number of aryl methyl sites for hydroxylation is 2. The summed E-state index contributed by atoms with van der Waals surface area (Å²) in [5.74, 6) is 0. The van der Waals surface area contributed by atoms with Gasteiger partial charge in [-0.2, -0.15) is 0 Å². The third-order valence-electron chi connectivity index (χ3n) is 2.98. The van der Waals surface area contributed by atoms with Gasteiger partial charge in [0.15, 0.2) is 0 Å². The fourth-order valence-electron chi connectivity index (χ4n) is 2.17. The lowest BCUT2D eigenvalue weighted by Crippen LogP contribution is -2.19. The van der Waals surface area contributed by atoms with Gasteiger partial charge in [-0.25, -0.2) is 0 Å². The number of hydrogen-bond acceptors (Lipinski definition) is 2. The van der Waals surface area contributed by atoms with Crippen LogP contribution in [-0.2, 0) is 24.1 Å². The molecule has 0 aliphatic heterocycles. The zero-order valence-corrected chi connectivity index (χ0v) is 8.96. The van der Waals surface area contributed by atoms with Gasteiger partial charge in [-0.3, -0.25) is 0 Å². The number of aldehydes is 1. The molecule has 0 amide bonds. The Morgan fingerprint density at radius 3 is 3.00 bits per heavy atom. The summed E-state index contributed by atoms with van der Waals surface area (Å²) >= 11 is 0. The normalized spacial score (nSPS) is 13.9. The first-order chi connectivity index (χ1) is 7.40. The molecule has 0 aromatic heterocycles. The molecule has 80 valence electrons. The molecule has 1 aromatic carbocycles. The van der Waals surface area contributed by atoms with E-state index in [1.807, 2.05) is 0 Å². The van der Waals surface area contributed by atoms with Crippen molar-refractivity contribution < 1.29 is 4.79 Å². The molecule has 0 saturated carbocycles. The maximum atomic E-state index is 10.1. The summed E-state index contributed by atoms with van der Waals surface area (Å²) in [6.45, 7) is 1.35. The molecule has 0 heterocycles. The zero-order chi connectivity index (χ0) is 10.5. The lowest BCUT2D eigenvalue weighted by molar-refractivity contribution is -0.107. The third kappa shape index (κ3) is 2.66. The Labute approximate surface area is 90.7 Å². The van der Waals surface area contributed by atoms with Gasteiger partial charge in [-0.05, 0) is 48.9 Å². The molecule has 2 heteroatoms. The predicted molar refractivity (Wildman–Crippen MR) is 61.1 cm³/mol. The van der Waals surface area contributed by atoms with Gasteiger partial charge >= 0.3 is 0 Å². The van der Waals surface area contributed by atoms with Crippen molar-refractivity contribution in [3.8, 4) is 0 Å². The van der Waals surface area contributed by atoms with Crippen molar-refractivity contribution in [2.75, 3.05) is 13.1 Å². The molecule has 0 atom stereocenters. The molecule has 1 aliphatic carbocycles. The minimum absolute atomic E-state index is 0.463. The van der Waals surface area contributed by atoms with Gasteiger partial charge in [0, 0.05) is 0 Å². The first kappa shape index (κ1) is 10.4. The van der Waals surface area contributed by atoms with Gasteiger partial charge in [0.2, 0.25) is 0 Å². The smallest absolute Gasteiger partial charge is 0.133 e. The van der Waals surface area contributed by atoms with Gasteiger partial charge in [0.05, 0.1) is 6.54 Å². The number of carbonyl (C=O) groups excluding carboxylic acids is 1.